The van der Waals surface area contributed by atoms with Crippen LogP contribution < -0.4 is 20.1 Å². The molecule has 10 nitrogen and oxygen atoms in total. The number of ether oxygens (including phenoxy) is 3. The van der Waals surface area contributed by atoms with E-state index in [0.717, 1.165) is 47.4 Å². The van der Waals surface area contributed by atoms with Crippen molar-refractivity contribution in [2.75, 3.05) is 45.1 Å². The van der Waals surface area contributed by atoms with E-state index in [1.807, 2.05) is 30.3 Å². The van der Waals surface area contributed by atoms with Crippen LogP contribution in [0.3, 0.4) is 0 Å². The van der Waals surface area contributed by atoms with Crippen LogP contribution in [0.15, 0.2) is 106 Å². The van der Waals surface area contributed by atoms with Crippen molar-refractivity contribution in [3.8, 4) is 11.5 Å². The molecule has 0 fully saturated rings. The Balaban J connectivity index is 0.000000154. The summed E-state index contributed by atoms with van der Waals surface area (Å²) in [5.74, 6) is 2.13. The summed E-state index contributed by atoms with van der Waals surface area (Å²) >= 11 is 0. The van der Waals surface area contributed by atoms with Crippen LogP contribution in [0, 0.1) is 0 Å². The highest BCUT2D eigenvalue weighted by Crippen LogP contribution is 2.40. The summed E-state index contributed by atoms with van der Waals surface area (Å²) in [6.07, 6.45) is 1.65. The maximum atomic E-state index is 11.7. The number of hydrogen-bond donors (Lipinski definition) is 3. The number of rotatable bonds is 6. The predicted octanol–water partition coefficient (Wildman–Crippen LogP) is 6.54. The molecule has 4 aliphatic rings. The van der Waals surface area contributed by atoms with E-state index in [-0.39, 0.29) is 11.5 Å². The van der Waals surface area contributed by atoms with Crippen LogP contribution >= 0.6 is 0 Å². The first-order valence-corrected chi connectivity index (χ1v) is 15.8. The van der Waals surface area contributed by atoms with E-state index in [4.69, 9.17) is 19.3 Å². The third-order valence-corrected chi connectivity index (χ3v) is 9.02. The summed E-state index contributed by atoms with van der Waals surface area (Å²) in [5.41, 5.74) is 12.2. The number of fused-ring (bicyclic) bond motifs is 4. The molecule has 49 heavy (non-hydrogen) atoms. The van der Waals surface area contributed by atoms with E-state index < -0.39 is 5.97 Å². The van der Waals surface area contributed by atoms with Crippen LogP contribution in [0.4, 0.5) is 11.4 Å². The quantitative estimate of drug-likeness (QED) is 0.200. The van der Waals surface area contributed by atoms with Crippen LogP contribution in [0.2, 0.25) is 0 Å². The van der Waals surface area contributed by atoms with Crippen LogP contribution in [0.1, 0.15) is 43.0 Å². The lowest BCUT2D eigenvalue weighted by molar-refractivity contribution is 0.0600. The largest absolute Gasteiger partial charge is 0.497 e. The average Bonchev–Trinajstić information content (AvgIpc) is 3.89. The molecule has 0 amide bonds. The van der Waals surface area contributed by atoms with E-state index in [2.05, 4.69) is 44.9 Å². The van der Waals surface area contributed by atoms with Crippen molar-refractivity contribution in [1.82, 2.24) is 0 Å². The third-order valence-electron chi connectivity index (χ3n) is 9.02. The molecule has 246 valence electrons. The van der Waals surface area contributed by atoms with Gasteiger partial charge in [0.1, 0.15) is 23.2 Å². The minimum absolute atomic E-state index is 0.257. The topological polar surface area (TPSA) is 131 Å². The van der Waals surface area contributed by atoms with Gasteiger partial charge in [-0.2, -0.15) is 0 Å². The second-order valence-electron chi connectivity index (χ2n) is 11.9. The van der Waals surface area contributed by atoms with Crippen molar-refractivity contribution in [3.05, 3.63) is 129 Å². The molecule has 8 rings (SSSR count). The molecule has 2 aliphatic carbocycles. The van der Waals surface area contributed by atoms with E-state index in [1.54, 1.807) is 44.6 Å². The standard InChI is InChI=1S/C20H18N2O3.C19H16N2O3/c1-24-15-6-7-16-13(9-15)10-17-18(16)11-21-19(17)22-14-5-3-4-12(8-14)20(23)25-2;1-24-14-5-6-15-12(8-14)9-16-17(15)10-20-18(16)21-13-4-2-3-11(7-13)19(22)23/h3-9H,10-11H2,1-2H3,(H,21,22);2-8H,9-10H2,1H3,(H,20,21)(H,22,23)/i2-1;. The highest BCUT2D eigenvalue weighted by Gasteiger charge is 2.30. The van der Waals surface area contributed by atoms with E-state index in [0.29, 0.717) is 18.7 Å². The Hall–Kier alpha value is -6.16. The van der Waals surface area contributed by atoms with Gasteiger partial charge in [-0.05, 0) is 94.1 Å². The zero-order valence-corrected chi connectivity index (χ0v) is 27.3. The molecular formula is C39H34N4O6. The average molecular weight is 654 g/mol. The van der Waals surface area contributed by atoms with Gasteiger partial charge in [0.15, 0.2) is 0 Å². The third kappa shape index (κ3) is 6.16. The molecular weight excluding hydrogens is 619 g/mol. The van der Waals surface area contributed by atoms with Crippen LogP contribution in [-0.4, -0.2) is 63.1 Å². The lowest BCUT2D eigenvalue weighted by Gasteiger charge is -2.10. The summed E-state index contributed by atoms with van der Waals surface area (Å²) in [6.45, 7) is 1.32. The summed E-state index contributed by atoms with van der Waals surface area (Å²) in [6, 6.07) is 26.3. The fourth-order valence-electron chi connectivity index (χ4n) is 6.59. The van der Waals surface area contributed by atoms with E-state index in [1.165, 1.54) is 51.7 Å². The molecule has 0 bridgehead atoms. The first-order valence-electron chi connectivity index (χ1n) is 15.8. The van der Waals surface area contributed by atoms with Crippen LogP contribution in [-0.2, 0) is 17.6 Å². The number of nitrogens with one attached hydrogen (secondary N) is 2. The first-order chi connectivity index (χ1) is 23.8. The number of carbonyl (C=O) groups is 2. The number of nitrogens with zero attached hydrogens (tertiary/aromatic N) is 2. The van der Waals surface area contributed by atoms with Gasteiger partial charge in [0.05, 0.1) is 45.5 Å². The van der Waals surface area contributed by atoms with Crippen molar-refractivity contribution >= 4 is 46.1 Å². The van der Waals surface area contributed by atoms with Crippen LogP contribution in [0.5, 0.6) is 11.5 Å². The number of aromatic carboxylic acids is 1. The fourth-order valence-corrected chi connectivity index (χ4v) is 6.59. The molecule has 0 atom stereocenters. The molecule has 0 unspecified atom stereocenters. The van der Waals surface area contributed by atoms with Gasteiger partial charge >= 0.3 is 11.9 Å². The van der Waals surface area contributed by atoms with Gasteiger partial charge < -0.3 is 30.0 Å². The second-order valence-corrected chi connectivity index (χ2v) is 11.9. The van der Waals surface area contributed by atoms with Crippen molar-refractivity contribution in [3.63, 3.8) is 0 Å². The number of anilines is 2. The normalized spacial score (nSPS) is 14.8. The van der Waals surface area contributed by atoms with Crippen LogP contribution in [0.25, 0.3) is 11.1 Å². The summed E-state index contributed by atoms with van der Waals surface area (Å²) < 4.78 is 15.4. The van der Waals surface area contributed by atoms with Gasteiger partial charge in [-0.1, -0.05) is 24.3 Å². The molecule has 10 heteroatoms. The Kier molecular flexibility index (Phi) is 8.44. The maximum Gasteiger partial charge on any atom is 0.337 e. The Bertz CT molecular complexity index is 2140. The number of amidine groups is 2. The number of hydrogen-bond acceptors (Lipinski definition) is 9. The molecule has 0 aromatic heterocycles. The minimum Gasteiger partial charge on any atom is -0.497 e. The maximum absolute atomic E-state index is 11.7. The zero-order chi connectivity index (χ0) is 34.1. The van der Waals surface area contributed by atoms with Crippen molar-refractivity contribution in [2.45, 2.75) is 12.8 Å². The number of carboxylic acid groups (broad SMARTS) is 1. The number of aliphatic imine (C=N–C) groups is 2. The lowest BCUT2D eigenvalue weighted by atomic mass is 10.1. The molecule has 0 saturated carbocycles. The lowest BCUT2D eigenvalue weighted by Crippen LogP contribution is -2.14. The Morgan fingerprint density at radius 2 is 1.12 bits per heavy atom. The molecule has 2 aliphatic heterocycles. The summed E-state index contributed by atoms with van der Waals surface area (Å²) in [4.78, 5) is 32.0. The van der Waals surface area contributed by atoms with Gasteiger partial charge in [-0.25, -0.2) is 9.59 Å². The minimum atomic E-state index is -0.938. The predicted molar refractivity (Wildman–Crippen MR) is 190 cm³/mol. The van der Waals surface area contributed by atoms with Gasteiger partial charge in [-0.3, -0.25) is 9.98 Å². The molecule has 4 aromatic carbocycles. The second kappa shape index (κ2) is 13.2. The fraction of sp³-hybridized carbons (Fsp3) is 0.179. The molecule has 2 heterocycles. The number of esters is 1. The SMILES string of the molecule is COc1ccc2c(c1)CC1=C2CN=C1Nc1cccc(C(=O)O)c1.COc1ccc2c(c1)CC1=C2CN=C1Nc1cccc(C(=O)O[11CH3])c1. The first kappa shape index (κ1) is 31.4. The molecule has 3 N–H and O–H groups in total. The molecule has 0 radical (unpaired) electrons. The number of benzene rings is 4. The summed E-state index contributed by atoms with van der Waals surface area (Å²) in [5, 5.41) is 15.7. The van der Waals surface area contributed by atoms with Gasteiger partial charge in [0, 0.05) is 35.4 Å². The Morgan fingerprint density at radius 1 is 0.633 bits per heavy atom. The highest BCUT2D eigenvalue weighted by atomic mass is 16.5. The van der Waals surface area contributed by atoms with Crippen molar-refractivity contribution in [1.29, 1.82) is 0 Å². The number of methoxy groups -OCH3 is 3. The molecule has 0 saturated heterocycles. The Morgan fingerprint density at radius 3 is 1.59 bits per heavy atom. The zero-order valence-electron chi connectivity index (χ0n) is 27.3. The van der Waals surface area contributed by atoms with E-state index in [9.17, 15) is 9.59 Å². The van der Waals surface area contributed by atoms with Gasteiger partial charge in [-0.15, -0.1) is 0 Å². The van der Waals surface area contributed by atoms with Gasteiger partial charge in [0.25, 0.3) is 0 Å². The van der Waals surface area contributed by atoms with Crippen molar-refractivity contribution < 1.29 is 28.9 Å². The number of carboxylic acids is 1. The number of carbonyl (C=O) groups excluding carboxylic acids is 1. The molecule has 0 spiro atoms. The van der Waals surface area contributed by atoms with Crippen molar-refractivity contribution in [2.24, 2.45) is 9.98 Å². The Labute approximate surface area is 283 Å². The molecule has 4 aromatic rings. The van der Waals surface area contributed by atoms with Gasteiger partial charge in [0.2, 0.25) is 0 Å². The smallest absolute Gasteiger partial charge is 0.337 e. The summed E-state index contributed by atoms with van der Waals surface area (Å²) in [7, 11) is 4.73. The van der Waals surface area contributed by atoms with E-state index >= 15 is 0 Å². The highest BCUT2D eigenvalue weighted by molar-refractivity contribution is 6.18. The monoisotopic (exact) mass is 653 g/mol.